The van der Waals surface area contributed by atoms with Gasteiger partial charge in [-0.3, -0.25) is 9.59 Å². The molecule has 0 fully saturated rings. The number of nitrogens with zero attached hydrogens (tertiary/aromatic N) is 1. The Kier molecular flexibility index (Phi) is 7.84. The van der Waals surface area contributed by atoms with Crippen molar-refractivity contribution in [1.82, 2.24) is 4.90 Å². The van der Waals surface area contributed by atoms with Crippen LogP contribution in [0.5, 0.6) is 0 Å². The predicted molar refractivity (Wildman–Crippen MR) is 83.2 cm³/mol. The number of rotatable bonds is 7. The first-order valence-corrected chi connectivity index (χ1v) is 7.53. The van der Waals surface area contributed by atoms with Gasteiger partial charge in [0.25, 0.3) is 0 Å². The molecule has 0 aromatic heterocycles. The minimum absolute atomic E-state index is 0.0635. The minimum Gasteiger partial charge on any atom is -0.395 e. The van der Waals surface area contributed by atoms with E-state index in [0.29, 0.717) is 6.54 Å². The van der Waals surface area contributed by atoms with E-state index in [1.807, 2.05) is 6.92 Å². The second-order valence-electron chi connectivity index (χ2n) is 4.80. The summed E-state index contributed by atoms with van der Waals surface area (Å²) < 4.78 is 13.6. The van der Waals surface area contributed by atoms with Gasteiger partial charge in [-0.1, -0.05) is 31.4 Å². The first kappa shape index (κ1) is 18.4. The summed E-state index contributed by atoms with van der Waals surface area (Å²) in [5.74, 6) is -2.43. The highest BCUT2D eigenvalue weighted by atomic mass is 35.5. The van der Waals surface area contributed by atoms with E-state index in [-0.39, 0.29) is 23.9 Å². The number of hydrogen-bond acceptors (Lipinski definition) is 3. The Bertz CT molecular complexity index is 526. The number of unbranched alkanes of at least 4 members (excludes halogenated alkanes) is 2. The van der Waals surface area contributed by atoms with Gasteiger partial charge in [0.1, 0.15) is 5.82 Å². The summed E-state index contributed by atoms with van der Waals surface area (Å²) in [5, 5.41) is 11.4. The maximum atomic E-state index is 13.6. The molecule has 0 unspecified atom stereocenters. The summed E-state index contributed by atoms with van der Waals surface area (Å²) >= 11 is 5.73. The largest absolute Gasteiger partial charge is 0.395 e. The third-order valence-electron chi connectivity index (χ3n) is 3.06. The van der Waals surface area contributed by atoms with Crippen LogP contribution in [-0.2, 0) is 9.59 Å². The number of anilines is 1. The van der Waals surface area contributed by atoms with Gasteiger partial charge in [0.2, 0.25) is 0 Å². The van der Waals surface area contributed by atoms with Crippen LogP contribution < -0.4 is 5.32 Å². The summed E-state index contributed by atoms with van der Waals surface area (Å²) in [7, 11) is 0. The average Bonchev–Trinajstić information content (AvgIpc) is 2.49. The number of amides is 2. The standard InChI is InChI=1S/C15H20ClFN2O3/c1-2-3-4-7-19(8-9-20)15(22)14(21)18-13-10-11(16)5-6-12(13)17/h5-6,10,20H,2-4,7-9H2,1H3,(H,18,21). The van der Waals surface area contributed by atoms with Gasteiger partial charge < -0.3 is 15.3 Å². The number of aliphatic hydroxyl groups excluding tert-OH is 1. The Balaban J connectivity index is 2.71. The maximum absolute atomic E-state index is 13.6. The molecule has 0 aliphatic rings. The molecule has 0 saturated heterocycles. The van der Waals surface area contributed by atoms with Gasteiger partial charge in [-0.15, -0.1) is 0 Å². The Morgan fingerprint density at radius 3 is 2.68 bits per heavy atom. The maximum Gasteiger partial charge on any atom is 0.313 e. The van der Waals surface area contributed by atoms with Crippen LogP contribution in [0.1, 0.15) is 26.2 Å². The van der Waals surface area contributed by atoms with Crippen LogP contribution >= 0.6 is 11.6 Å². The van der Waals surface area contributed by atoms with Crippen molar-refractivity contribution in [2.75, 3.05) is 25.0 Å². The first-order chi connectivity index (χ1) is 10.5. The quantitative estimate of drug-likeness (QED) is 0.596. The van der Waals surface area contributed by atoms with Crippen LogP contribution in [0.4, 0.5) is 10.1 Å². The minimum atomic E-state index is -0.953. The number of hydrogen-bond donors (Lipinski definition) is 2. The van der Waals surface area contributed by atoms with E-state index in [4.69, 9.17) is 16.7 Å². The molecule has 0 aliphatic carbocycles. The highest BCUT2D eigenvalue weighted by Gasteiger charge is 2.22. The molecule has 2 amide bonds. The van der Waals surface area contributed by atoms with E-state index in [2.05, 4.69) is 5.32 Å². The molecule has 0 saturated carbocycles. The molecule has 0 bridgehead atoms. The fourth-order valence-electron chi connectivity index (χ4n) is 1.90. The normalized spacial score (nSPS) is 10.4. The Hall–Kier alpha value is -1.66. The van der Waals surface area contributed by atoms with E-state index in [9.17, 15) is 14.0 Å². The molecule has 0 radical (unpaired) electrons. The molecule has 1 aromatic carbocycles. The second-order valence-corrected chi connectivity index (χ2v) is 5.24. The number of halogens is 2. The molecule has 2 N–H and O–H groups in total. The smallest absolute Gasteiger partial charge is 0.313 e. The molecule has 1 aromatic rings. The molecule has 0 spiro atoms. The number of aliphatic hydroxyl groups is 1. The average molecular weight is 331 g/mol. The highest BCUT2D eigenvalue weighted by Crippen LogP contribution is 2.19. The van der Waals surface area contributed by atoms with Crippen LogP contribution in [-0.4, -0.2) is 41.5 Å². The lowest BCUT2D eigenvalue weighted by Gasteiger charge is -2.21. The number of carbonyl (C=O) groups is 2. The van der Waals surface area contributed by atoms with Crippen molar-refractivity contribution in [3.63, 3.8) is 0 Å². The summed E-state index contributed by atoms with van der Waals surface area (Å²) in [5.41, 5.74) is -0.150. The van der Waals surface area contributed by atoms with Gasteiger partial charge in [0.05, 0.1) is 12.3 Å². The molecule has 22 heavy (non-hydrogen) atoms. The second kappa shape index (κ2) is 9.38. The fourth-order valence-corrected chi connectivity index (χ4v) is 2.07. The third-order valence-corrected chi connectivity index (χ3v) is 3.29. The molecular formula is C15H20ClFN2O3. The SMILES string of the molecule is CCCCCN(CCO)C(=O)C(=O)Nc1cc(Cl)ccc1F. The lowest BCUT2D eigenvalue weighted by atomic mass is 10.2. The van der Waals surface area contributed by atoms with E-state index in [1.165, 1.54) is 17.0 Å². The number of carbonyl (C=O) groups excluding carboxylic acids is 2. The monoisotopic (exact) mass is 330 g/mol. The molecule has 0 heterocycles. The van der Waals surface area contributed by atoms with Crippen molar-refractivity contribution in [3.8, 4) is 0 Å². The van der Waals surface area contributed by atoms with Crippen molar-refractivity contribution in [2.24, 2.45) is 0 Å². The first-order valence-electron chi connectivity index (χ1n) is 7.15. The fraction of sp³-hybridized carbons (Fsp3) is 0.467. The highest BCUT2D eigenvalue weighted by molar-refractivity contribution is 6.39. The van der Waals surface area contributed by atoms with Crippen LogP contribution in [0.3, 0.4) is 0 Å². The Morgan fingerprint density at radius 2 is 2.05 bits per heavy atom. The molecule has 1 rings (SSSR count). The number of nitrogens with one attached hydrogen (secondary N) is 1. The van der Waals surface area contributed by atoms with Gasteiger partial charge >= 0.3 is 11.8 Å². The van der Waals surface area contributed by atoms with Crippen molar-refractivity contribution in [2.45, 2.75) is 26.2 Å². The van der Waals surface area contributed by atoms with E-state index >= 15 is 0 Å². The van der Waals surface area contributed by atoms with Gasteiger partial charge in [-0.25, -0.2) is 4.39 Å². The van der Waals surface area contributed by atoms with Crippen LogP contribution in [0, 0.1) is 5.82 Å². The summed E-state index contributed by atoms with van der Waals surface area (Å²) in [6.07, 6.45) is 2.63. The van der Waals surface area contributed by atoms with Gasteiger partial charge in [-0.05, 0) is 24.6 Å². The zero-order valence-corrected chi connectivity index (χ0v) is 13.2. The number of benzene rings is 1. The zero-order chi connectivity index (χ0) is 16.5. The zero-order valence-electron chi connectivity index (χ0n) is 12.4. The van der Waals surface area contributed by atoms with Crippen LogP contribution in [0.15, 0.2) is 18.2 Å². The van der Waals surface area contributed by atoms with Crippen LogP contribution in [0.2, 0.25) is 5.02 Å². The van der Waals surface area contributed by atoms with Gasteiger partial charge in [0.15, 0.2) is 0 Å². The molecular weight excluding hydrogens is 311 g/mol. The van der Waals surface area contributed by atoms with Crippen molar-refractivity contribution in [1.29, 1.82) is 0 Å². The lowest BCUT2D eigenvalue weighted by molar-refractivity contribution is -0.143. The molecule has 0 atom stereocenters. The summed E-state index contributed by atoms with van der Waals surface area (Å²) in [6.45, 7) is 2.22. The van der Waals surface area contributed by atoms with E-state index in [0.717, 1.165) is 25.3 Å². The molecule has 5 nitrogen and oxygen atoms in total. The van der Waals surface area contributed by atoms with Crippen molar-refractivity contribution in [3.05, 3.63) is 29.0 Å². The summed E-state index contributed by atoms with van der Waals surface area (Å²) in [6, 6.07) is 3.68. The lowest BCUT2D eigenvalue weighted by Crippen LogP contribution is -2.41. The topological polar surface area (TPSA) is 69.6 Å². The van der Waals surface area contributed by atoms with E-state index in [1.54, 1.807) is 0 Å². The van der Waals surface area contributed by atoms with Gasteiger partial charge in [-0.2, -0.15) is 0 Å². The third kappa shape index (κ3) is 5.61. The molecule has 0 aliphatic heterocycles. The molecule has 122 valence electrons. The Labute approximate surface area is 134 Å². The van der Waals surface area contributed by atoms with Crippen LogP contribution in [0.25, 0.3) is 0 Å². The van der Waals surface area contributed by atoms with E-state index < -0.39 is 17.6 Å². The van der Waals surface area contributed by atoms with Crippen molar-refractivity contribution < 1.29 is 19.1 Å². The summed E-state index contributed by atoms with van der Waals surface area (Å²) in [4.78, 5) is 25.3. The van der Waals surface area contributed by atoms with Crippen molar-refractivity contribution >= 4 is 29.1 Å². The van der Waals surface area contributed by atoms with Gasteiger partial charge in [0, 0.05) is 18.1 Å². The molecule has 7 heteroatoms. The Morgan fingerprint density at radius 1 is 1.32 bits per heavy atom. The predicted octanol–water partition coefficient (Wildman–Crippen LogP) is 2.43.